The highest BCUT2D eigenvalue weighted by atomic mass is 32.1. The van der Waals surface area contributed by atoms with Crippen LogP contribution in [0.3, 0.4) is 0 Å². The highest BCUT2D eigenvalue weighted by molar-refractivity contribution is 7.12. The Balaban J connectivity index is 2.90. The van der Waals surface area contributed by atoms with E-state index in [-0.39, 0.29) is 11.7 Å². The number of thiophene rings is 1. The van der Waals surface area contributed by atoms with E-state index in [0.717, 1.165) is 0 Å². The van der Waals surface area contributed by atoms with Crippen LogP contribution in [-0.2, 0) is 4.79 Å². The largest absolute Gasteiger partial charge is 0.481 e. The number of aliphatic carboxylic acids is 1. The summed E-state index contributed by atoms with van der Waals surface area (Å²) in [6.45, 7) is 5.29. The first-order valence-corrected chi connectivity index (χ1v) is 5.67. The highest BCUT2D eigenvalue weighted by Gasteiger charge is 2.18. The van der Waals surface area contributed by atoms with Gasteiger partial charge in [-0.3, -0.25) is 9.59 Å². The van der Waals surface area contributed by atoms with Crippen LogP contribution in [0, 0.1) is 5.92 Å². The van der Waals surface area contributed by atoms with Crippen LogP contribution in [0.25, 0.3) is 0 Å². The monoisotopic (exact) mass is 226 g/mol. The molecular weight excluding hydrogens is 212 g/mol. The quantitative estimate of drug-likeness (QED) is 0.803. The minimum atomic E-state index is -0.864. The third-order valence-electron chi connectivity index (χ3n) is 2.26. The molecule has 0 spiro atoms. The van der Waals surface area contributed by atoms with Crippen molar-refractivity contribution < 1.29 is 14.7 Å². The summed E-state index contributed by atoms with van der Waals surface area (Å²) >= 11 is 1.32. The van der Waals surface area contributed by atoms with Crippen LogP contribution in [-0.4, -0.2) is 16.9 Å². The van der Waals surface area contributed by atoms with E-state index >= 15 is 0 Å². The topological polar surface area (TPSA) is 54.4 Å². The summed E-state index contributed by atoms with van der Waals surface area (Å²) in [6.07, 6.45) is 0. The Kier molecular flexibility index (Phi) is 3.63. The third kappa shape index (κ3) is 2.65. The minimum Gasteiger partial charge on any atom is -0.481 e. The van der Waals surface area contributed by atoms with E-state index in [2.05, 4.69) is 0 Å². The zero-order valence-corrected chi connectivity index (χ0v) is 9.80. The number of Topliss-reactive ketones (excluding diaryl/α,β-unsaturated/α-hetero) is 1. The van der Waals surface area contributed by atoms with Gasteiger partial charge in [-0.15, -0.1) is 11.3 Å². The van der Waals surface area contributed by atoms with Gasteiger partial charge in [-0.25, -0.2) is 0 Å². The molecule has 3 nitrogen and oxygen atoms in total. The Morgan fingerprint density at radius 1 is 1.33 bits per heavy atom. The normalized spacial score (nSPS) is 12.8. The molecule has 1 aromatic heterocycles. The lowest BCUT2D eigenvalue weighted by atomic mass is 10.0. The number of hydrogen-bond donors (Lipinski definition) is 1. The number of carbonyl (C=O) groups excluding carboxylic acids is 1. The molecule has 82 valence electrons. The van der Waals surface area contributed by atoms with Crippen LogP contribution < -0.4 is 0 Å². The Morgan fingerprint density at radius 2 is 1.93 bits per heavy atom. The molecule has 0 saturated heterocycles. The van der Waals surface area contributed by atoms with Crippen LogP contribution in [0.1, 0.15) is 41.9 Å². The zero-order valence-electron chi connectivity index (χ0n) is 8.98. The number of rotatable bonds is 4. The van der Waals surface area contributed by atoms with E-state index in [9.17, 15) is 9.59 Å². The van der Waals surface area contributed by atoms with Crippen LogP contribution >= 0.6 is 11.3 Å². The average molecular weight is 226 g/mol. The summed E-state index contributed by atoms with van der Waals surface area (Å²) in [5, 5.41) is 10.6. The molecule has 0 fully saturated rings. The highest BCUT2D eigenvalue weighted by Crippen LogP contribution is 2.24. The second kappa shape index (κ2) is 4.57. The molecule has 1 unspecified atom stereocenters. The van der Waals surface area contributed by atoms with Gasteiger partial charge in [0, 0.05) is 5.92 Å². The number of carbonyl (C=O) groups is 2. The van der Waals surface area contributed by atoms with Gasteiger partial charge in [-0.1, -0.05) is 13.8 Å². The predicted octanol–water partition coefficient (Wildman–Crippen LogP) is 2.77. The summed E-state index contributed by atoms with van der Waals surface area (Å²) < 4.78 is 0. The molecule has 0 bridgehead atoms. The fourth-order valence-corrected chi connectivity index (χ4v) is 2.23. The molecule has 0 aromatic carbocycles. The maximum absolute atomic E-state index is 11.6. The summed E-state index contributed by atoms with van der Waals surface area (Å²) in [4.78, 5) is 23.0. The number of carboxylic acids is 1. The number of ketones is 1. The van der Waals surface area contributed by atoms with Crippen molar-refractivity contribution in [3.63, 3.8) is 0 Å². The lowest BCUT2D eigenvalue weighted by Crippen LogP contribution is -2.07. The molecule has 0 aliphatic carbocycles. The first-order valence-electron chi connectivity index (χ1n) is 4.79. The molecule has 1 heterocycles. The second-order valence-corrected chi connectivity index (χ2v) is 4.73. The first kappa shape index (κ1) is 11.9. The van der Waals surface area contributed by atoms with Crippen molar-refractivity contribution in [1.29, 1.82) is 0 Å². The molecule has 1 atom stereocenters. The number of carboxylic acid groups (broad SMARTS) is 1. The van der Waals surface area contributed by atoms with Crippen LogP contribution in [0.5, 0.6) is 0 Å². The van der Waals surface area contributed by atoms with Crippen LogP contribution in [0.4, 0.5) is 0 Å². The fraction of sp³-hybridized carbons (Fsp3) is 0.455. The van der Waals surface area contributed by atoms with E-state index < -0.39 is 11.9 Å². The van der Waals surface area contributed by atoms with Crippen molar-refractivity contribution in [2.24, 2.45) is 5.92 Å². The molecule has 4 heteroatoms. The van der Waals surface area contributed by atoms with Crippen molar-refractivity contribution in [3.8, 4) is 0 Å². The molecule has 15 heavy (non-hydrogen) atoms. The molecule has 1 aromatic rings. The van der Waals surface area contributed by atoms with Gasteiger partial charge in [0.25, 0.3) is 0 Å². The average Bonchev–Trinajstić information content (AvgIpc) is 2.63. The van der Waals surface area contributed by atoms with E-state index in [0.29, 0.717) is 10.4 Å². The van der Waals surface area contributed by atoms with Gasteiger partial charge in [0.15, 0.2) is 5.78 Å². The van der Waals surface area contributed by atoms with Gasteiger partial charge in [-0.05, 0) is 23.9 Å². The molecule has 0 amide bonds. The van der Waals surface area contributed by atoms with E-state index in [1.165, 1.54) is 11.3 Å². The predicted molar refractivity (Wildman–Crippen MR) is 59.5 cm³/mol. The van der Waals surface area contributed by atoms with Crippen LogP contribution in [0.2, 0.25) is 0 Å². The van der Waals surface area contributed by atoms with Crippen molar-refractivity contribution >= 4 is 23.1 Å². The standard InChI is InChI=1S/C11H14O3S/c1-6(2)10(12)9-4-8(5-15-9)7(3)11(13)14/h4-7H,1-3H3,(H,13,14). The zero-order chi connectivity index (χ0) is 11.6. The maximum atomic E-state index is 11.6. The lowest BCUT2D eigenvalue weighted by molar-refractivity contribution is -0.138. The maximum Gasteiger partial charge on any atom is 0.310 e. The Labute approximate surface area is 92.7 Å². The van der Waals surface area contributed by atoms with Crippen molar-refractivity contribution in [1.82, 2.24) is 0 Å². The number of hydrogen-bond acceptors (Lipinski definition) is 3. The Morgan fingerprint density at radius 3 is 2.40 bits per heavy atom. The van der Waals surface area contributed by atoms with Gasteiger partial charge in [0.2, 0.25) is 0 Å². The summed E-state index contributed by atoms with van der Waals surface area (Å²) in [6, 6.07) is 1.69. The molecule has 0 aliphatic heterocycles. The van der Waals surface area contributed by atoms with E-state index in [1.807, 2.05) is 13.8 Å². The third-order valence-corrected chi connectivity index (χ3v) is 3.22. The Hall–Kier alpha value is -1.16. The molecule has 0 radical (unpaired) electrons. The van der Waals surface area contributed by atoms with E-state index in [4.69, 9.17) is 5.11 Å². The summed E-state index contributed by atoms with van der Waals surface area (Å²) in [5.74, 6) is -1.38. The van der Waals surface area contributed by atoms with Crippen molar-refractivity contribution in [3.05, 3.63) is 21.9 Å². The van der Waals surface area contributed by atoms with Gasteiger partial charge in [0.05, 0.1) is 10.8 Å². The van der Waals surface area contributed by atoms with Crippen molar-refractivity contribution in [2.45, 2.75) is 26.7 Å². The fourth-order valence-electron chi connectivity index (χ4n) is 1.13. The second-order valence-electron chi connectivity index (χ2n) is 3.82. The smallest absolute Gasteiger partial charge is 0.310 e. The summed E-state index contributed by atoms with van der Waals surface area (Å²) in [5.41, 5.74) is 0.705. The lowest BCUT2D eigenvalue weighted by Gasteiger charge is -2.02. The molecule has 0 aliphatic rings. The molecule has 1 N–H and O–H groups in total. The first-order chi connectivity index (χ1) is 6.93. The molecule has 1 rings (SSSR count). The van der Waals surface area contributed by atoms with Gasteiger partial charge < -0.3 is 5.11 Å². The minimum absolute atomic E-state index is 0.0448. The molecule has 0 saturated carbocycles. The van der Waals surface area contributed by atoms with Gasteiger partial charge in [0.1, 0.15) is 0 Å². The SMILES string of the molecule is CC(C)C(=O)c1cc(C(C)C(=O)O)cs1. The molecular formula is C11H14O3S. The van der Waals surface area contributed by atoms with Crippen molar-refractivity contribution in [2.75, 3.05) is 0 Å². The summed E-state index contributed by atoms with van der Waals surface area (Å²) in [7, 11) is 0. The van der Waals surface area contributed by atoms with E-state index in [1.54, 1.807) is 18.4 Å². The Bertz CT molecular complexity index is 379. The van der Waals surface area contributed by atoms with Crippen LogP contribution in [0.15, 0.2) is 11.4 Å². The van der Waals surface area contributed by atoms with Gasteiger partial charge >= 0.3 is 5.97 Å². The van der Waals surface area contributed by atoms with Gasteiger partial charge in [-0.2, -0.15) is 0 Å².